The number of hydrogen-bond donors (Lipinski definition) is 0. The van der Waals surface area contributed by atoms with Crippen LogP contribution in [0.4, 0.5) is 0 Å². The average molecular weight is 296 g/mol. The Balaban J connectivity index is 1.94. The van der Waals surface area contributed by atoms with E-state index in [-0.39, 0.29) is 16.5 Å². The second-order valence-electron chi connectivity index (χ2n) is 7.47. The average Bonchev–Trinajstić information content (AvgIpc) is 3.14. The van der Waals surface area contributed by atoms with Crippen molar-refractivity contribution in [3.8, 4) is 0 Å². The molecule has 1 aromatic rings. The maximum Gasteiger partial charge on any atom is 0.117 e. The highest BCUT2D eigenvalue weighted by atomic mass is 16.5. The lowest BCUT2D eigenvalue weighted by atomic mass is 9.63. The van der Waals surface area contributed by atoms with Crippen LogP contribution < -0.4 is 0 Å². The molecule has 22 heavy (non-hydrogen) atoms. The third-order valence-corrected chi connectivity index (χ3v) is 6.62. The molecule has 0 radical (unpaired) electrons. The van der Waals surface area contributed by atoms with Gasteiger partial charge in [0.1, 0.15) is 11.1 Å². The summed E-state index contributed by atoms with van der Waals surface area (Å²) >= 11 is 0. The van der Waals surface area contributed by atoms with Crippen LogP contribution in [-0.4, -0.2) is 12.6 Å². The molecule has 116 valence electrons. The smallest absolute Gasteiger partial charge is 0.117 e. The van der Waals surface area contributed by atoms with Gasteiger partial charge in [-0.2, -0.15) is 10.2 Å². The van der Waals surface area contributed by atoms with Gasteiger partial charge in [0.15, 0.2) is 0 Å². The predicted octanol–water partition coefficient (Wildman–Crippen LogP) is 4.70. The van der Waals surface area contributed by atoms with E-state index in [0.29, 0.717) is 11.8 Å². The van der Waals surface area contributed by atoms with Gasteiger partial charge in [0, 0.05) is 5.41 Å². The fraction of sp³-hybridized carbons (Fsp3) is 0.579. The van der Waals surface area contributed by atoms with E-state index in [1.165, 1.54) is 24.8 Å². The Morgan fingerprint density at radius 3 is 2.55 bits per heavy atom. The van der Waals surface area contributed by atoms with Crippen LogP contribution in [0, 0.1) is 17.3 Å². The highest BCUT2D eigenvalue weighted by Crippen LogP contribution is 2.74. The summed E-state index contributed by atoms with van der Waals surface area (Å²) in [5, 5.41) is 9.82. The molecule has 1 aliphatic heterocycles. The van der Waals surface area contributed by atoms with E-state index in [0.717, 1.165) is 0 Å². The summed E-state index contributed by atoms with van der Waals surface area (Å²) in [5.74, 6) is 1.16. The number of fused-ring (bicyclic) bond motifs is 5. The molecule has 2 bridgehead atoms. The lowest BCUT2D eigenvalue weighted by Crippen LogP contribution is -2.45. The second kappa shape index (κ2) is 4.43. The van der Waals surface area contributed by atoms with E-state index in [1.54, 1.807) is 7.11 Å². The third-order valence-electron chi connectivity index (χ3n) is 6.62. The van der Waals surface area contributed by atoms with E-state index in [1.807, 2.05) is 6.26 Å². The molecule has 3 aliphatic rings. The van der Waals surface area contributed by atoms with E-state index in [2.05, 4.69) is 50.3 Å². The van der Waals surface area contributed by atoms with Crippen LogP contribution in [0.1, 0.15) is 38.7 Å². The van der Waals surface area contributed by atoms with E-state index in [4.69, 9.17) is 15.0 Å². The topological polar surface area (TPSA) is 34.0 Å². The number of nitrogens with zero attached hydrogens (tertiary/aromatic N) is 2. The minimum atomic E-state index is -0.222. The fourth-order valence-electron chi connectivity index (χ4n) is 5.64. The van der Waals surface area contributed by atoms with Crippen molar-refractivity contribution in [2.75, 3.05) is 7.11 Å². The zero-order chi connectivity index (χ0) is 15.4. The lowest BCUT2D eigenvalue weighted by molar-refractivity contribution is 0.163. The van der Waals surface area contributed by atoms with E-state index < -0.39 is 0 Å². The largest absolute Gasteiger partial charge is 0.505 e. The second-order valence-corrected chi connectivity index (χ2v) is 7.47. The van der Waals surface area contributed by atoms with Crippen molar-refractivity contribution in [1.29, 1.82) is 0 Å². The molecule has 4 rings (SSSR count). The van der Waals surface area contributed by atoms with Gasteiger partial charge in [0.25, 0.3) is 0 Å². The molecule has 0 N–H and O–H groups in total. The lowest BCUT2D eigenvalue weighted by Gasteiger charge is -2.40. The van der Waals surface area contributed by atoms with Gasteiger partial charge >= 0.3 is 0 Å². The van der Waals surface area contributed by atoms with Crippen LogP contribution in [0.2, 0.25) is 0 Å². The Labute approximate surface area is 132 Å². The molecule has 1 heterocycles. The van der Waals surface area contributed by atoms with Crippen molar-refractivity contribution in [3.05, 3.63) is 48.2 Å². The standard InChI is InChI=1S/C19H24N2O/c1-17(2)18(12-13-22-3)15-10-7-11-16(15)19(17,21-20-18)14-8-5-4-6-9-14/h4-6,8-9,12-13,15-16H,7,10-11H2,1-3H3/b13-12+/t15-,16+,18-,19+/m1/s1. The molecule has 0 unspecified atom stereocenters. The molecule has 0 amide bonds. The van der Waals surface area contributed by atoms with Gasteiger partial charge in [-0.05, 0) is 36.3 Å². The summed E-state index contributed by atoms with van der Waals surface area (Å²) in [4.78, 5) is 0. The molecule has 4 atom stereocenters. The van der Waals surface area contributed by atoms with E-state index in [9.17, 15) is 0 Å². The molecule has 2 aliphatic carbocycles. The number of azo groups is 1. The molecule has 2 fully saturated rings. The molecular formula is C19H24N2O. The number of hydrogen-bond acceptors (Lipinski definition) is 3. The van der Waals surface area contributed by atoms with Gasteiger partial charge in [0.05, 0.1) is 13.4 Å². The Bertz CT molecular complexity index is 636. The summed E-state index contributed by atoms with van der Waals surface area (Å²) in [6.07, 6.45) is 7.77. The minimum absolute atomic E-state index is 0.0356. The molecule has 3 heteroatoms. The summed E-state index contributed by atoms with van der Waals surface area (Å²) in [7, 11) is 1.71. The molecule has 0 aromatic heterocycles. The summed E-state index contributed by atoms with van der Waals surface area (Å²) in [6, 6.07) is 10.8. The van der Waals surface area contributed by atoms with Crippen molar-refractivity contribution < 1.29 is 4.74 Å². The van der Waals surface area contributed by atoms with Crippen LogP contribution in [0.25, 0.3) is 0 Å². The van der Waals surface area contributed by atoms with Gasteiger partial charge in [-0.25, -0.2) is 0 Å². The Morgan fingerprint density at radius 2 is 1.82 bits per heavy atom. The molecule has 0 spiro atoms. The number of rotatable bonds is 3. The SMILES string of the molecule is CO/C=C/[C@@]12N=N[C@@](c3ccccc3)([C@H]3CCC[C@H]31)C2(C)C. The molecule has 3 nitrogen and oxygen atoms in total. The quantitative estimate of drug-likeness (QED) is 0.744. The summed E-state index contributed by atoms with van der Waals surface area (Å²) in [5.41, 5.74) is 0.880. The third kappa shape index (κ3) is 1.34. The highest BCUT2D eigenvalue weighted by molar-refractivity contribution is 5.42. The van der Waals surface area contributed by atoms with Crippen molar-refractivity contribution in [2.45, 2.75) is 44.2 Å². The molecular weight excluding hydrogens is 272 g/mol. The zero-order valence-corrected chi connectivity index (χ0v) is 13.6. The van der Waals surface area contributed by atoms with Gasteiger partial charge < -0.3 is 4.74 Å². The van der Waals surface area contributed by atoms with Gasteiger partial charge in [0.2, 0.25) is 0 Å². The monoisotopic (exact) mass is 296 g/mol. The van der Waals surface area contributed by atoms with Crippen LogP contribution in [-0.2, 0) is 10.3 Å². The Kier molecular flexibility index (Phi) is 2.82. The maximum absolute atomic E-state index is 5.25. The maximum atomic E-state index is 5.25. The van der Waals surface area contributed by atoms with Crippen molar-refractivity contribution in [1.82, 2.24) is 0 Å². The molecule has 1 aromatic carbocycles. The van der Waals surface area contributed by atoms with Crippen LogP contribution >= 0.6 is 0 Å². The predicted molar refractivity (Wildman–Crippen MR) is 86.5 cm³/mol. The normalized spacial score (nSPS) is 41.2. The fourth-order valence-corrected chi connectivity index (χ4v) is 5.64. The van der Waals surface area contributed by atoms with E-state index >= 15 is 0 Å². The first-order valence-corrected chi connectivity index (χ1v) is 8.30. The first-order valence-electron chi connectivity index (χ1n) is 8.30. The number of benzene rings is 1. The highest BCUT2D eigenvalue weighted by Gasteiger charge is 2.76. The summed E-state index contributed by atoms with van der Waals surface area (Å²) in [6.45, 7) is 4.69. The van der Waals surface area contributed by atoms with Crippen LogP contribution in [0.3, 0.4) is 0 Å². The summed E-state index contributed by atoms with van der Waals surface area (Å²) < 4.78 is 5.25. The van der Waals surface area contributed by atoms with Crippen LogP contribution in [0.15, 0.2) is 52.9 Å². The minimum Gasteiger partial charge on any atom is -0.505 e. The first-order chi connectivity index (χ1) is 10.6. The van der Waals surface area contributed by atoms with Gasteiger partial charge in [-0.1, -0.05) is 50.6 Å². The molecule has 0 saturated heterocycles. The van der Waals surface area contributed by atoms with Crippen molar-refractivity contribution >= 4 is 0 Å². The zero-order valence-electron chi connectivity index (χ0n) is 13.6. The Morgan fingerprint density at radius 1 is 1.09 bits per heavy atom. The van der Waals surface area contributed by atoms with Gasteiger partial charge in [-0.3, -0.25) is 0 Å². The van der Waals surface area contributed by atoms with Gasteiger partial charge in [-0.15, -0.1) is 0 Å². The van der Waals surface area contributed by atoms with Crippen LogP contribution in [0.5, 0.6) is 0 Å². The van der Waals surface area contributed by atoms with Crippen molar-refractivity contribution in [3.63, 3.8) is 0 Å². The number of ether oxygens (including phenoxy) is 1. The van der Waals surface area contributed by atoms with Crippen molar-refractivity contribution in [2.24, 2.45) is 27.5 Å². The Hall–Kier alpha value is -1.64. The number of methoxy groups -OCH3 is 1. The molecule has 2 saturated carbocycles. The first kappa shape index (κ1) is 14.0.